The minimum atomic E-state index is -1.04. The van der Waals surface area contributed by atoms with Crippen molar-refractivity contribution in [2.45, 2.75) is 4.90 Å². The van der Waals surface area contributed by atoms with Gasteiger partial charge in [-0.15, -0.1) is 0 Å². The van der Waals surface area contributed by atoms with Gasteiger partial charge in [-0.05, 0) is 17.7 Å². The van der Waals surface area contributed by atoms with Gasteiger partial charge in [-0.3, -0.25) is 14.5 Å². The number of hydrogen-bond donors (Lipinski definition) is 1. The molecule has 1 amide bonds. The maximum atomic E-state index is 12.5. The topological polar surface area (TPSA) is 57.6 Å². The van der Waals surface area contributed by atoms with Crippen molar-refractivity contribution in [2.75, 3.05) is 11.4 Å². The van der Waals surface area contributed by atoms with Gasteiger partial charge >= 0.3 is 5.97 Å². The number of benzene rings is 2. The monoisotopic (exact) mass is 311 g/mol. The second-order valence-corrected chi connectivity index (χ2v) is 5.85. The van der Waals surface area contributed by atoms with E-state index in [4.69, 9.17) is 5.11 Å². The first-order valence-electron chi connectivity index (χ1n) is 6.72. The van der Waals surface area contributed by atoms with E-state index in [1.54, 1.807) is 12.1 Å². The molecule has 2 aromatic rings. The summed E-state index contributed by atoms with van der Waals surface area (Å²) >= 11 is 1.47. The van der Waals surface area contributed by atoms with Gasteiger partial charge in [0.2, 0.25) is 0 Å². The van der Waals surface area contributed by atoms with Gasteiger partial charge < -0.3 is 5.11 Å². The molecule has 1 aliphatic heterocycles. The number of aliphatic carboxylic acids is 1. The van der Waals surface area contributed by atoms with Gasteiger partial charge in [-0.25, -0.2) is 0 Å². The average molecular weight is 311 g/mol. The van der Waals surface area contributed by atoms with Gasteiger partial charge in [0.25, 0.3) is 5.91 Å². The van der Waals surface area contributed by atoms with E-state index >= 15 is 0 Å². The molecule has 0 atom stereocenters. The molecule has 0 bridgehead atoms. The molecule has 0 radical (unpaired) electrons. The summed E-state index contributed by atoms with van der Waals surface area (Å²) in [5.74, 6) is -1.36. The molecule has 2 aromatic carbocycles. The molecule has 0 unspecified atom stereocenters. The van der Waals surface area contributed by atoms with Crippen LogP contribution in [0.1, 0.15) is 5.56 Å². The van der Waals surface area contributed by atoms with E-state index in [9.17, 15) is 9.59 Å². The highest BCUT2D eigenvalue weighted by atomic mass is 32.2. The van der Waals surface area contributed by atoms with Crippen LogP contribution in [-0.2, 0) is 9.59 Å². The van der Waals surface area contributed by atoms with Crippen molar-refractivity contribution >= 4 is 34.2 Å². The Hall–Kier alpha value is -2.53. The van der Waals surface area contributed by atoms with Gasteiger partial charge in [0.05, 0.1) is 5.69 Å². The molecule has 0 aliphatic carbocycles. The molecular formula is C17H13NO3S. The molecule has 0 fully saturated rings. The van der Waals surface area contributed by atoms with E-state index in [0.717, 1.165) is 15.4 Å². The van der Waals surface area contributed by atoms with Gasteiger partial charge in [-0.2, -0.15) is 0 Å². The number of carbonyl (C=O) groups excluding carboxylic acids is 1. The summed E-state index contributed by atoms with van der Waals surface area (Å²) in [6.07, 6.45) is 1.50. The number of fused-ring (bicyclic) bond motifs is 1. The number of thioether (sulfide) groups is 1. The van der Waals surface area contributed by atoms with Gasteiger partial charge in [0.1, 0.15) is 6.54 Å². The molecule has 110 valence electrons. The molecule has 1 heterocycles. The standard InChI is InChI=1S/C17H13NO3S/c19-16-10-15(12-6-2-1-3-7-12)22-14-9-5-4-8-13(14)18(16)11-17(20)21/h1-10H,11H2,(H,20,21). The lowest BCUT2D eigenvalue weighted by Gasteiger charge is -2.19. The van der Waals surface area contributed by atoms with E-state index in [-0.39, 0.29) is 12.5 Å². The summed E-state index contributed by atoms with van der Waals surface area (Å²) in [4.78, 5) is 26.5. The highest BCUT2D eigenvalue weighted by Crippen LogP contribution is 2.42. The number of hydrogen-bond acceptors (Lipinski definition) is 3. The first kappa shape index (κ1) is 14.4. The lowest BCUT2D eigenvalue weighted by Crippen LogP contribution is -2.34. The molecule has 5 heteroatoms. The normalized spacial score (nSPS) is 14.1. The number of carboxylic acids is 1. The Kier molecular flexibility index (Phi) is 3.98. The van der Waals surface area contributed by atoms with Crippen LogP contribution in [-0.4, -0.2) is 23.5 Å². The van der Waals surface area contributed by atoms with Crippen LogP contribution in [0, 0.1) is 0 Å². The van der Waals surface area contributed by atoms with Crippen molar-refractivity contribution in [3.05, 3.63) is 66.2 Å². The van der Waals surface area contributed by atoms with E-state index in [1.165, 1.54) is 22.7 Å². The average Bonchev–Trinajstić information content (AvgIpc) is 2.66. The van der Waals surface area contributed by atoms with E-state index in [2.05, 4.69) is 0 Å². The third kappa shape index (κ3) is 2.89. The molecule has 0 spiro atoms. The Morgan fingerprint density at radius 1 is 1.05 bits per heavy atom. The Morgan fingerprint density at radius 3 is 2.45 bits per heavy atom. The molecular weight excluding hydrogens is 298 g/mol. The van der Waals surface area contributed by atoms with Crippen molar-refractivity contribution in [3.8, 4) is 0 Å². The number of carboxylic acid groups (broad SMARTS) is 1. The predicted octanol–water partition coefficient (Wildman–Crippen LogP) is 3.25. The summed E-state index contributed by atoms with van der Waals surface area (Å²) in [7, 11) is 0. The summed E-state index contributed by atoms with van der Waals surface area (Å²) in [5, 5.41) is 9.06. The number of anilines is 1. The van der Waals surface area contributed by atoms with E-state index in [0.29, 0.717) is 5.69 Å². The fourth-order valence-corrected chi connectivity index (χ4v) is 3.35. The van der Waals surface area contributed by atoms with Crippen LogP contribution in [0.15, 0.2) is 65.6 Å². The quantitative estimate of drug-likeness (QED) is 0.945. The zero-order valence-electron chi connectivity index (χ0n) is 11.6. The molecule has 1 aliphatic rings. The number of nitrogens with zero attached hydrogens (tertiary/aromatic N) is 1. The van der Waals surface area contributed by atoms with E-state index in [1.807, 2.05) is 42.5 Å². The van der Waals surface area contributed by atoms with Crippen LogP contribution in [0.3, 0.4) is 0 Å². The van der Waals surface area contributed by atoms with Crippen molar-refractivity contribution in [1.82, 2.24) is 0 Å². The third-order valence-electron chi connectivity index (χ3n) is 3.25. The SMILES string of the molecule is O=C(O)CN1C(=O)C=C(c2ccccc2)Sc2ccccc21. The van der Waals surface area contributed by atoms with Crippen LogP contribution in [0.2, 0.25) is 0 Å². The van der Waals surface area contributed by atoms with Crippen LogP contribution < -0.4 is 4.90 Å². The van der Waals surface area contributed by atoms with Gasteiger partial charge in [0.15, 0.2) is 0 Å². The highest BCUT2D eigenvalue weighted by Gasteiger charge is 2.24. The second kappa shape index (κ2) is 6.07. The van der Waals surface area contributed by atoms with Gasteiger partial charge in [-0.1, -0.05) is 54.2 Å². The maximum absolute atomic E-state index is 12.5. The smallest absolute Gasteiger partial charge is 0.323 e. The Bertz CT molecular complexity index is 756. The predicted molar refractivity (Wildman–Crippen MR) is 86.7 cm³/mol. The number of carbonyl (C=O) groups is 2. The van der Waals surface area contributed by atoms with Crippen molar-refractivity contribution in [1.29, 1.82) is 0 Å². The van der Waals surface area contributed by atoms with E-state index < -0.39 is 5.97 Å². The summed E-state index contributed by atoms with van der Waals surface area (Å²) in [6.45, 7) is -0.352. The number of para-hydroxylation sites is 1. The third-order valence-corrected chi connectivity index (χ3v) is 4.39. The highest BCUT2D eigenvalue weighted by molar-refractivity contribution is 8.08. The Labute approximate surface area is 132 Å². The summed E-state index contributed by atoms with van der Waals surface area (Å²) in [5.41, 5.74) is 1.56. The minimum Gasteiger partial charge on any atom is -0.480 e. The molecule has 0 saturated carbocycles. The zero-order valence-corrected chi connectivity index (χ0v) is 12.4. The zero-order chi connectivity index (χ0) is 15.5. The lowest BCUT2D eigenvalue weighted by atomic mass is 10.2. The fraction of sp³-hybridized carbons (Fsp3) is 0.0588. The first-order chi connectivity index (χ1) is 10.6. The summed E-state index contributed by atoms with van der Waals surface area (Å²) < 4.78 is 0. The number of amides is 1. The van der Waals surface area contributed by atoms with Crippen molar-refractivity contribution < 1.29 is 14.7 Å². The summed E-state index contributed by atoms with van der Waals surface area (Å²) in [6, 6.07) is 16.9. The first-order valence-corrected chi connectivity index (χ1v) is 7.54. The molecule has 4 nitrogen and oxygen atoms in total. The lowest BCUT2D eigenvalue weighted by molar-refractivity contribution is -0.136. The largest absolute Gasteiger partial charge is 0.480 e. The molecule has 22 heavy (non-hydrogen) atoms. The van der Waals surface area contributed by atoms with Crippen LogP contribution in [0.25, 0.3) is 4.91 Å². The van der Waals surface area contributed by atoms with Crippen molar-refractivity contribution in [3.63, 3.8) is 0 Å². The fourth-order valence-electron chi connectivity index (χ4n) is 2.27. The van der Waals surface area contributed by atoms with Crippen molar-refractivity contribution in [2.24, 2.45) is 0 Å². The molecule has 1 N–H and O–H groups in total. The number of rotatable bonds is 3. The molecule has 0 saturated heterocycles. The second-order valence-electron chi connectivity index (χ2n) is 4.76. The van der Waals surface area contributed by atoms with Crippen LogP contribution >= 0.6 is 11.8 Å². The van der Waals surface area contributed by atoms with Crippen LogP contribution in [0.5, 0.6) is 0 Å². The maximum Gasteiger partial charge on any atom is 0.323 e. The Balaban J connectivity index is 2.08. The molecule has 3 rings (SSSR count). The van der Waals surface area contributed by atoms with Gasteiger partial charge in [0, 0.05) is 15.9 Å². The van der Waals surface area contributed by atoms with Crippen LogP contribution in [0.4, 0.5) is 5.69 Å². The molecule has 0 aromatic heterocycles. The minimum absolute atomic E-state index is 0.321. The Morgan fingerprint density at radius 2 is 1.73 bits per heavy atom.